The van der Waals surface area contributed by atoms with Gasteiger partial charge in [-0.3, -0.25) is 14.5 Å². The Morgan fingerprint density at radius 1 is 0.929 bits per heavy atom. The number of nitrogens with zero attached hydrogens (tertiary/aromatic N) is 2. The van der Waals surface area contributed by atoms with Crippen LogP contribution in [0.4, 0.5) is 11.4 Å². The molecular weight excluding hydrogens is 350 g/mol. The van der Waals surface area contributed by atoms with Gasteiger partial charge in [0.15, 0.2) is 5.78 Å². The number of Topliss-reactive ketones (excluding diaryl/α,β-unsaturated/α-hetero) is 1. The van der Waals surface area contributed by atoms with E-state index < -0.39 is 0 Å². The Balaban J connectivity index is 1.53. The van der Waals surface area contributed by atoms with Gasteiger partial charge >= 0.3 is 0 Å². The summed E-state index contributed by atoms with van der Waals surface area (Å²) in [6.07, 6.45) is 0. The smallest absolute Gasteiger partial charge is 0.238 e. The highest BCUT2D eigenvalue weighted by Gasteiger charge is 2.20. The van der Waals surface area contributed by atoms with Crippen molar-refractivity contribution in [3.05, 3.63) is 58.7 Å². The number of hydrogen-bond acceptors (Lipinski definition) is 4. The summed E-state index contributed by atoms with van der Waals surface area (Å²) in [5, 5.41) is 3.09. The molecule has 28 heavy (non-hydrogen) atoms. The van der Waals surface area contributed by atoms with Crippen LogP contribution in [0.3, 0.4) is 0 Å². The van der Waals surface area contributed by atoms with Crippen molar-refractivity contribution in [1.29, 1.82) is 0 Å². The quantitative estimate of drug-likeness (QED) is 0.807. The van der Waals surface area contributed by atoms with Gasteiger partial charge in [0.25, 0.3) is 0 Å². The molecule has 1 heterocycles. The van der Waals surface area contributed by atoms with E-state index in [0.29, 0.717) is 6.54 Å². The van der Waals surface area contributed by atoms with E-state index in [0.717, 1.165) is 54.2 Å². The zero-order valence-corrected chi connectivity index (χ0v) is 17.2. The van der Waals surface area contributed by atoms with E-state index in [4.69, 9.17) is 0 Å². The number of ketones is 1. The Kier molecular flexibility index (Phi) is 6.15. The standard InChI is InChI=1S/C23H29N3O2/c1-16-13-17(2)23(18(3)14-16)24-22(28)15-25-9-11-26(12-10-25)21-7-5-20(6-8-21)19(4)27/h5-8,13-14H,9-12,15H2,1-4H3,(H,24,28). The summed E-state index contributed by atoms with van der Waals surface area (Å²) in [5.41, 5.74) is 6.20. The van der Waals surface area contributed by atoms with Gasteiger partial charge in [-0.05, 0) is 63.1 Å². The van der Waals surface area contributed by atoms with E-state index in [9.17, 15) is 9.59 Å². The summed E-state index contributed by atoms with van der Waals surface area (Å²) in [6, 6.07) is 12.0. The lowest BCUT2D eigenvalue weighted by Crippen LogP contribution is -2.48. The molecule has 5 heteroatoms. The highest BCUT2D eigenvalue weighted by molar-refractivity contribution is 5.94. The third-order valence-corrected chi connectivity index (χ3v) is 5.32. The van der Waals surface area contributed by atoms with Crippen LogP contribution in [0, 0.1) is 20.8 Å². The molecule has 1 saturated heterocycles. The zero-order chi connectivity index (χ0) is 20.3. The molecule has 1 aliphatic heterocycles. The van der Waals surface area contributed by atoms with Crippen LogP contribution in [0.5, 0.6) is 0 Å². The molecule has 0 atom stereocenters. The van der Waals surface area contributed by atoms with Crippen molar-refractivity contribution < 1.29 is 9.59 Å². The Labute approximate surface area is 167 Å². The third kappa shape index (κ3) is 4.78. The van der Waals surface area contributed by atoms with Crippen LogP contribution in [-0.2, 0) is 4.79 Å². The van der Waals surface area contributed by atoms with Crippen molar-refractivity contribution >= 4 is 23.1 Å². The van der Waals surface area contributed by atoms with Gasteiger partial charge in [-0.25, -0.2) is 0 Å². The second-order valence-corrected chi connectivity index (χ2v) is 7.69. The number of amides is 1. The van der Waals surface area contributed by atoms with Gasteiger partial charge in [0, 0.05) is 43.1 Å². The molecular formula is C23H29N3O2. The summed E-state index contributed by atoms with van der Waals surface area (Å²) in [4.78, 5) is 28.4. The molecule has 0 aliphatic carbocycles. The lowest BCUT2D eigenvalue weighted by molar-refractivity contribution is -0.117. The van der Waals surface area contributed by atoms with Crippen LogP contribution in [0.2, 0.25) is 0 Å². The first kappa shape index (κ1) is 20.1. The maximum Gasteiger partial charge on any atom is 0.238 e. The average Bonchev–Trinajstić information content (AvgIpc) is 2.65. The number of benzene rings is 2. The van der Waals surface area contributed by atoms with E-state index in [2.05, 4.69) is 34.2 Å². The van der Waals surface area contributed by atoms with Gasteiger partial charge < -0.3 is 10.2 Å². The number of hydrogen-bond donors (Lipinski definition) is 1. The fraction of sp³-hybridized carbons (Fsp3) is 0.391. The molecule has 1 amide bonds. The van der Waals surface area contributed by atoms with Crippen LogP contribution in [0.15, 0.2) is 36.4 Å². The summed E-state index contributed by atoms with van der Waals surface area (Å²) in [6.45, 7) is 11.5. The number of aryl methyl sites for hydroxylation is 3. The van der Waals surface area contributed by atoms with E-state index in [1.807, 2.05) is 38.1 Å². The minimum absolute atomic E-state index is 0.0364. The lowest BCUT2D eigenvalue weighted by Gasteiger charge is -2.35. The number of anilines is 2. The topological polar surface area (TPSA) is 52.7 Å². The molecule has 0 unspecified atom stereocenters. The Hall–Kier alpha value is -2.66. The first-order valence-corrected chi connectivity index (χ1v) is 9.79. The lowest BCUT2D eigenvalue weighted by atomic mass is 10.1. The molecule has 148 valence electrons. The van der Waals surface area contributed by atoms with Gasteiger partial charge in [0.05, 0.1) is 6.54 Å². The molecule has 0 saturated carbocycles. The zero-order valence-electron chi connectivity index (χ0n) is 17.2. The largest absolute Gasteiger partial charge is 0.369 e. The number of carbonyl (C=O) groups excluding carboxylic acids is 2. The number of carbonyl (C=O) groups is 2. The van der Waals surface area contributed by atoms with Gasteiger partial charge in [0.2, 0.25) is 5.91 Å². The van der Waals surface area contributed by atoms with Crippen LogP contribution in [-0.4, -0.2) is 49.3 Å². The minimum Gasteiger partial charge on any atom is -0.369 e. The fourth-order valence-electron chi connectivity index (χ4n) is 3.83. The molecule has 5 nitrogen and oxygen atoms in total. The van der Waals surface area contributed by atoms with Gasteiger partial charge in [0.1, 0.15) is 0 Å². The fourth-order valence-corrected chi connectivity index (χ4v) is 3.83. The average molecular weight is 380 g/mol. The Bertz CT molecular complexity index is 843. The van der Waals surface area contributed by atoms with Gasteiger partial charge in [-0.2, -0.15) is 0 Å². The maximum atomic E-state index is 12.5. The maximum absolute atomic E-state index is 12.5. The highest BCUT2D eigenvalue weighted by Crippen LogP contribution is 2.22. The predicted molar refractivity (Wildman–Crippen MR) is 114 cm³/mol. The second-order valence-electron chi connectivity index (χ2n) is 7.69. The summed E-state index contributed by atoms with van der Waals surface area (Å²) >= 11 is 0. The molecule has 1 fully saturated rings. The number of piperazine rings is 1. The van der Waals surface area contributed by atoms with Crippen molar-refractivity contribution in [2.45, 2.75) is 27.7 Å². The molecule has 2 aromatic rings. The first-order chi connectivity index (χ1) is 13.3. The van der Waals surface area contributed by atoms with E-state index >= 15 is 0 Å². The molecule has 2 aromatic carbocycles. The molecule has 1 aliphatic rings. The Morgan fingerprint density at radius 3 is 2.04 bits per heavy atom. The van der Waals surface area contributed by atoms with Crippen molar-refractivity contribution in [3.8, 4) is 0 Å². The van der Waals surface area contributed by atoms with E-state index in [-0.39, 0.29) is 11.7 Å². The van der Waals surface area contributed by atoms with Crippen LogP contribution in [0.25, 0.3) is 0 Å². The Morgan fingerprint density at radius 2 is 1.50 bits per heavy atom. The third-order valence-electron chi connectivity index (χ3n) is 5.32. The molecule has 0 bridgehead atoms. The summed E-state index contributed by atoms with van der Waals surface area (Å²) in [7, 11) is 0. The number of nitrogens with one attached hydrogen (secondary N) is 1. The molecule has 3 rings (SSSR count). The van der Waals surface area contributed by atoms with Crippen LogP contribution < -0.4 is 10.2 Å². The van der Waals surface area contributed by atoms with Gasteiger partial charge in [-0.15, -0.1) is 0 Å². The molecule has 0 aromatic heterocycles. The second kappa shape index (κ2) is 8.57. The van der Waals surface area contributed by atoms with Crippen LogP contribution >= 0.6 is 0 Å². The normalized spacial score (nSPS) is 14.8. The summed E-state index contributed by atoms with van der Waals surface area (Å²) in [5.74, 6) is 0.121. The first-order valence-electron chi connectivity index (χ1n) is 9.79. The minimum atomic E-state index is 0.0364. The van der Waals surface area contributed by atoms with Crippen molar-refractivity contribution in [2.24, 2.45) is 0 Å². The van der Waals surface area contributed by atoms with E-state index in [1.165, 1.54) is 5.56 Å². The number of rotatable bonds is 5. The highest BCUT2D eigenvalue weighted by atomic mass is 16.2. The summed E-state index contributed by atoms with van der Waals surface area (Å²) < 4.78 is 0. The SMILES string of the molecule is CC(=O)c1ccc(N2CCN(CC(=O)Nc3c(C)cc(C)cc3C)CC2)cc1. The van der Waals surface area contributed by atoms with Crippen LogP contribution in [0.1, 0.15) is 34.0 Å². The van der Waals surface area contributed by atoms with Gasteiger partial charge in [-0.1, -0.05) is 17.7 Å². The molecule has 0 spiro atoms. The molecule has 0 radical (unpaired) electrons. The van der Waals surface area contributed by atoms with Crippen molar-refractivity contribution in [1.82, 2.24) is 4.90 Å². The monoisotopic (exact) mass is 379 g/mol. The molecule has 1 N–H and O–H groups in total. The van der Waals surface area contributed by atoms with E-state index in [1.54, 1.807) is 6.92 Å². The van der Waals surface area contributed by atoms with Crippen molar-refractivity contribution in [3.63, 3.8) is 0 Å². The van der Waals surface area contributed by atoms with Crippen molar-refractivity contribution in [2.75, 3.05) is 42.9 Å². The predicted octanol–water partition coefficient (Wildman–Crippen LogP) is 3.58.